The van der Waals surface area contributed by atoms with Crippen molar-refractivity contribution in [3.63, 3.8) is 0 Å². The number of fused-ring (bicyclic) bond motifs is 2. The molecule has 0 spiro atoms. The van der Waals surface area contributed by atoms with Gasteiger partial charge in [-0.25, -0.2) is 8.42 Å². The second-order valence-electron chi connectivity index (χ2n) is 9.56. The number of phenolic OH excluding ortho intramolecular Hbond substituents is 6. The van der Waals surface area contributed by atoms with E-state index in [1.807, 2.05) is 0 Å². The van der Waals surface area contributed by atoms with E-state index in [1.165, 1.54) is 0 Å². The topological polar surface area (TPSA) is 156 Å². The second-order valence-corrected chi connectivity index (χ2v) is 11.4. The van der Waals surface area contributed by atoms with E-state index in [-0.39, 0.29) is 32.0 Å². The molecule has 0 fully saturated rings. The molecule has 0 radical (unpaired) electrons. The highest BCUT2D eigenvalue weighted by atomic mass is 32.2. The first-order valence-electron chi connectivity index (χ1n) is 12.4. The van der Waals surface area contributed by atoms with Crippen LogP contribution in [0.15, 0.2) is 107 Å². The summed E-state index contributed by atoms with van der Waals surface area (Å²) >= 11 is 0. The van der Waals surface area contributed by atoms with E-state index in [4.69, 9.17) is 0 Å². The lowest BCUT2D eigenvalue weighted by Gasteiger charge is -2.19. The van der Waals surface area contributed by atoms with Gasteiger partial charge in [0.05, 0.1) is 9.79 Å². The van der Waals surface area contributed by atoms with Gasteiger partial charge >= 0.3 is 0 Å². The summed E-state index contributed by atoms with van der Waals surface area (Å²) in [6.07, 6.45) is 0. The van der Waals surface area contributed by atoms with E-state index in [0.29, 0.717) is 21.5 Å². The number of phenols is 6. The van der Waals surface area contributed by atoms with Gasteiger partial charge in [-0.2, -0.15) is 0 Å². The third-order valence-electron chi connectivity index (χ3n) is 7.06. The van der Waals surface area contributed by atoms with Crippen LogP contribution in [0.3, 0.4) is 0 Å². The average Bonchev–Trinajstić information content (AvgIpc) is 2.96. The van der Waals surface area contributed by atoms with Crippen LogP contribution in [0.2, 0.25) is 0 Å². The quantitative estimate of drug-likeness (QED) is 0.134. The van der Waals surface area contributed by atoms with E-state index < -0.39 is 44.3 Å². The summed E-state index contributed by atoms with van der Waals surface area (Å²) in [7, 11) is -4.47. The summed E-state index contributed by atoms with van der Waals surface area (Å²) in [6, 6.07) is 24.9. The minimum Gasteiger partial charge on any atom is -0.504 e. The molecule has 0 saturated heterocycles. The van der Waals surface area contributed by atoms with Gasteiger partial charge in [0.15, 0.2) is 34.5 Å². The zero-order chi connectivity index (χ0) is 29.1. The first-order chi connectivity index (χ1) is 19.6. The van der Waals surface area contributed by atoms with Crippen molar-refractivity contribution in [2.24, 2.45) is 0 Å². The van der Waals surface area contributed by atoms with Crippen molar-refractivity contribution in [2.45, 2.75) is 9.79 Å². The van der Waals surface area contributed by atoms with Crippen molar-refractivity contribution in [2.75, 3.05) is 0 Å². The van der Waals surface area contributed by atoms with Crippen LogP contribution in [0, 0.1) is 0 Å². The average molecular weight is 567 g/mol. The molecule has 0 atom stereocenters. The molecule has 0 heterocycles. The molecule has 0 amide bonds. The molecule has 8 nitrogen and oxygen atoms in total. The van der Waals surface area contributed by atoms with Crippen LogP contribution in [-0.4, -0.2) is 39.1 Å². The van der Waals surface area contributed by atoms with E-state index in [2.05, 4.69) is 0 Å². The highest BCUT2D eigenvalue weighted by molar-refractivity contribution is 7.92. The molecule has 0 aliphatic rings. The van der Waals surface area contributed by atoms with Gasteiger partial charge in [0.1, 0.15) is 0 Å². The number of hydrogen-bond acceptors (Lipinski definition) is 8. The minimum atomic E-state index is -4.47. The normalized spacial score (nSPS) is 11.7. The smallest absolute Gasteiger partial charge is 0.209 e. The lowest BCUT2D eigenvalue weighted by Crippen LogP contribution is -2.08. The Morgan fingerprint density at radius 1 is 0.439 bits per heavy atom. The number of benzene rings is 6. The van der Waals surface area contributed by atoms with Crippen molar-refractivity contribution in [3.8, 4) is 56.8 Å². The summed E-state index contributed by atoms with van der Waals surface area (Å²) < 4.78 is 29.9. The van der Waals surface area contributed by atoms with Crippen LogP contribution in [0.5, 0.6) is 34.5 Å². The molecule has 0 aliphatic heterocycles. The molecule has 9 heteroatoms. The van der Waals surface area contributed by atoms with Crippen molar-refractivity contribution in [1.29, 1.82) is 0 Å². The Labute approximate surface area is 233 Å². The summed E-state index contributed by atoms with van der Waals surface area (Å²) in [5, 5.41) is 62.8. The van der Waals surface area contributed by atoms with Crippen LogP contribution >= 0.6 is 0 Å². The molecule has 6 aromatic rings. The largest absolute Gasteiger partial charge is 0.504 e. The van der Waals surface area contributed by atoms with Gasteiger partial charge in [-0.05, 0) is 46.2 Å². The Balaban J connectivity index is 1.76. The molecule has 41 heavy (non-hydrogen) atoms. The van der Waals surface area contributed by atoms with Gasteiger partial charge in [-0.15, -0.1) is 0 Å². The van der Waals surface area contributed by atoms with Crippen LogP contribution in [0.25, 0.3) is 43.8 Å². The van der Waals surface area contributed by atoms with Gasteiger partial charge in [-0.3, -0.25) is 0 Å². The molecular weight excluding hydrogens is 544 g/mol. The van der Waals surface area contributed by atoms with Gasteiger partial charge in [0.2, 0.25) is 9.84 Å². The summed E-state index contributed by atoms with van der Waals surface area (Å²) in [4.78, 5) is -0.241. The monoisotopic (exact) mass is 566 g/mol. The molecule has 6 rings (SSSR count). The molecule has 0 bridgehead atoms. The minimum absolute atomic E-state index is 0.120. The van der Waals surface area contributed by atoms with Gasteiger partial charge in [-0.1, -0.05) is 72.8 Å². The van der Waals surface area contributed by atoms with Crippen LogP contribution in [0.4, 0.5) is 0 Å². The molecule has 204 valence electrons. The SMILES string of the molecule is O=S(=O)(c1c(-c2cc(O)c(O)c(O)c2)ccc2ccccc12)c1c(-c2cc(O)c(O)c(O)c2)ccc2ccccc12. The molecule has 6 aromatic carbocycles. The van der Waals surface area contributed by atoms with Crippen molar-refractivity contribution < 1.29 is 39.1 Å². The lowest BCUT2D eigenvalue weighted by molar-refractivity contribution is 0.368. The fourth-order valence-electron chi connectivity index (χ4n) is 5.14. The standard InChI is InChI=1S/C32H22O8S/c33-25-13-19(14-26(34)29(25)37)23-11-9-17-5-1-3-7-21(17)31(23)41(39,40)32-22-8-4-2-6-18(22)10-12-24(32)20-15-27(35)30(38)28(36)16-20/h1-16,33-38H. The molecule has 6 N–H and O–H groups in total. The predicted molar refractivity (Wildman–Crippen MR) is 154 cm³/mol. The first kappa shape index (κ1) is 25.8. The Hall–Kier alpha value is -5.41. The molecule has 0 aromatic heterocycles. The van der Waals surface area contributed by atoms with Crippen molar-refractivity contribution in [3.05, 3.63) is 97.1 Å². The third kappa shape index (κ3) is 4.11. The van der Waals surface area contributed by atoms with Gasteiger partial charge in [0.25, 0.3) is 0 Å². The van der Waals surface area contributed by atoms with E-state index in [1.54, 1.807) is 72.8 Å². The first-order valence-corrected chi connectivity index (χ1v) is 13.9. The van der Waals surface area contributed by atoms with E-state index in [0.717, 1.165) is 24.3 Å². The third-order valence-corrected chi connectivity index (χ3v) is 9.01. The molecule has 0 saturated carbocycles. The lowest BCUT2D eigenvalue weighted by atomic mass is 10.00. The van der Waals surface area contributed by atoms with E-state index >= 15 is 0 Å². The maximum absolute atomic E-state index is 15.0. The Morgan fingerprint density at radius 2 is 0.780 bits per heavy atom. The highest BCUT2D eigenvalue weighted by Crippen LogP contribution is 2.47. The van der Waals surface area contributed by atoms with Crippen LogP contribution < -0.4 is 0 Å². The number of aromatic hydroxyl groups is 6. The number of rotatable bonds is 4. The van der Waals surface area contributed by atoms with Crippen LogP contribution in [-0.2, 0) is 9.84 Å². The fourth-order valence-corrected chi connectivity index (χ4v) is 7.25. The summed E-state index contributed by atoms with van der Waals surface area (Å²) in [6.45, 7) is 0. The maximum Gasteiger partial charge on any atom is 0.209 e. The van der Waals surface area contributed by atoms with Crippen molar-refractivity contribution >= 4 is 31.4 Å². The Bertz CT molecular complexity index is 1940. The fraction of sp³-hybridized carbons (Fsp3) is 0. The number of hydrogen-bond donors (Lipinski definition) is 6. The second kappa shape index (κ2) is 9.35. The Morgan fingerprint density at radius 3 is 1.15 bits per heavy atom. The predicted octanol–water partition coefficient (Wildman–Crippen LogP) is 6.39. The molecule has 0 unspecified atom stereocenters. The zero-order valence-electron chi connectivity index (χ0n) is 21.1. The molecule has 0 aliphatic carbocycles. The molecular formula is C32H22O8S. The van der Waals surface area contributed by atoms with Crippen LogP contribution in [0.1, 0.15) is 0 Å². The van der Waals surface area contributed by atoms with Gasteiger partial charge in [0, 0.05) is 21.9 Å². The summed E-state index contributed by atoms with van der Waals surface area (Å²) in [5.74, 6) is -3.98. The number of sulfone groups is 1. The zero-order valence-corrected chi connectivity index (χ0v) is 22.0. The van der Waals surface area contributed by atoms with Crippen molar-refractivity contribution in [1.82, 2.24) is 0 Å². The maximum atomic E-state index is 15.0. The highest BCUT2D eigenvalue weighted by Gasteiger charge is 2.30. The van der Waals surface area contributed by atoms with Gasteiger partial charge < -0.3 is 30.6 Å². The summed E-state index contributed by atoms with van der Waals surface area (Å²) in [5.41, 5.74) is 0.599. The Kier molecular flexibility index (Phi) is 5.90. The van der Waals surface area contributed by atoms with E-state index in [9.17, 15) is 39.1 Å².